The molecule has 5 unspecified atom stereocenters. The van der Waals surface area contributed by atoms with Crippen molar-refractivity contribution in [3.8, 4) is 0 Å². The molecule has 5 atom stereocenters. The van der Waals surface area contributed by atoms with Crippen LogP contribution in [0.4, 0.5) is 0 Å². The molecular weight excluding hydrogens is 404 g/mol. The van der Waals surface area contributed by atoms with E-state index >= 15 is 0 Å². The van der Waals surface area contributed by atoms with Crippen LogP contribution in [0.5, 0.6) is 0 Å². The van der Waals surface area contributed by atoms with Crippen molar-refractivity contribution in [3.05, 3.63) is 12.2 Å². The van der Waals surface area contributed by atoms with Crippen molar-refractivity contribution in [2.75, 3.05) is 65.4 Å². The van der Waals surface area contributed by atoms with Gasteiger partial charge in [0.25, 0.3) is 0 Å². The number of amides is 2. The SMILES string of the molecule is CCNC(=NCC(C)CN1CCN(CC)CC1)NCCN1C(=O)C2C3C=CC(C3)C2C1=O. The topological polar surface area (TPSA) is 80.3 Å². The monoisotopic (exact) mass is 444 g/mol. The number of likely N-dealkylation sites (tertiary alicyclic amines) is 1. The molecule has 2 aliphatic heterocycles. The minimum absolute atomic E-state index is 0.0254. The van der Waals surface area contributed by atoms with Gasteiger partial charge in [0.15, 0.2) is 5.96 Å². The molecular formula is C24H40N6O2. The Balaban J connectivity index is 1.22. The second-order valence-electron chi connectivity index (χ2n) is 9.81. The smallest absolute Gasteiger partial charge is 0.233 e. The second-order valence-corrected chi connectivity index (χ2v) is 9.81. The molecule has 8 heteroatoms. The number of likely N-dealkylation sites (N-methyl/N-ethyl adjacent to an activating group) is 1. The highest BCUT2D eigenvalue weighted by atomic mass is 16.2. The number of imide groups is 1. The lowest BCUT2D eigenvalue weighted by Gasteiger charge is -2.35. The van der Waals surface area contributed by atoms with Gasteiger partial charge >= 0.3 is 0 Å². The van der Waals surface area contributed by atoms with Crippen LogP contribution in [-0.2, 0) is 9.59 Å². The number of hydrogen-bond donors (Lipinski definition) is 2. The number of carbonyl (C=O) groups excluding carboxylic acids is 2. The Bertz CT molecular complexity index is 715. The lowest BCUT2D eigenvalue weighted by Crippen LogP contribution is -2.47. The van der Waals surface area contributed by atoms with Crippen LogP contribution in [0.25, 0.3) is 0 Å². The zero-order valence-corrected chi connectivity index (χ0v) is 19.9. The Morgan fingerprint density at radius 2 is 1.66 bits per heavy atom. The third kappa shape index (κ3) is 4.86. The van der Waals surface area contributed by atoms with Crippen LogP contribution < -0.4 is 10.6 Å². The van der Waals surface area contributed by atoms with Gasteiger partial charge in [-0.3, -0.25) is 19.5 Å². The Kier molecular flexibility index (Phi) is 7.51. The van der Waals surface area contributed by atoms with Crippen molar-refractivity contribution in [1.29, 1.82) is 0 Å². The van der Waals surface area contributed by atoms with Gasteiger partial charge in [0.05, 0.1) is 11.8 Å². The lowest BCUT2D eigenvalue weighted by atomic mass is 9.85. The molecule has 2 amide bonds. The van der Waals surface area contributed by atoms with Crippen molar-refractivity contribution < 1.29 is 9.59 Å². The Labute approximate surface area is 192 Å². The average molecular weight is 445 g/mol. The number of aliphatic imine (C=N–C) groups is 1. The third-order valence-corrected chi connectivity index (χ3v) is 7.58. The average Bonchev–Trinajstić information content (AvgIpc) is 3.47. The maximum absolute atomic E-state index is 12.8. The van der Waals surface area contributed by atoms with Gasteiger partial charge in [-0.05, 0) is 37.6 Å². The van der Waals surface area contributed by atoms with E-state index in [9.17, 15) is 9.59 Å². The van der Waals surface area contributed by atoms with Crippen LogP contribution in [0.15, 0.2) is 17.1 Å². The highest BCUT2D eigenvalue weighted by Crippen LogP contribution is 2.52. The van der Waals surface area contributed by atoms with E-state index in [1.54, 1.807) is 0 Å². The number of guanidine groups is 1. The number of allylic oxidation sites excluding steroid dienone is 2. The number of nitrogens with zero attached hydrogens (tertiary/aromatic N) is 4. The molecule has 2 heterocycles. The minimum atomic E-state index is -0.112. The first kappa shape index (κ1) is 23.2. The normalized spacial score (nSPS) is 31.5. The van der Waals surface area contributed by atoms with Crippen LogP contribution in [0.1, 0.15) is 27.2 Å². The largest absolute Gasteiger partial charge is 0.357 e. The molecule has 0 radical (unpaired) electrons. The number of hydrogen-bond acceptors (Lipinski definition) is 5. The van der Waals surface area contributed by atoms with Gasteiger partial charge < -0.3 is 20.4 Å². The van der Waals surface area contributed by atoms with Crippen LogP contribution in [0.2, 0.25) is 0 Å². The molecule has 2 bridgehead atoms. The molecule has 0 spiro atoms. The van der Waals surface area contributed by atoms with E-state index in [4.69, 9.17) is 4.99 Å². The highest BCUT2D eigenvalue weighted by molar-refractivity contribution is 6.06. The predicted octanol–water partition coefficient (Wildman–Crippen LogP) is 0.622. The number of rotatable bonds is 9. The fraction of sp³-hybridized carbons (Fsp3) is 0.792. The summed E-state index contributed by atoms with van der Waals surface area (Å²) in [5.41, 5.74) is 0. The minimum Gasteiger partial charge on any atom is -0.357 e. The van der Waals surface area contributed by atoms with E-state index < -0.39 is 0 Å². The molecule has 2 N–H and O–H groups in total. The molecule has 4 aliphatic rings. The summed E-state index contributed by atoms with van der Waals surface area (Å²) in [5.74, 6) is 1.60. The molecule has 2 aliphatic carbocycles. The summed E-state index contributed by atoms with van der Waals surface area (Å²) in [6.07, 6.45) is 5.25. The van der Waals surface area contributed by atoms with Gasteiger partial charge in [-0.2, -0.15) is 0 Å². The first-order valence-corrected chi connectivity index (χ1v) is 12.5. The Morgan fingerprint density at radius 3 is 2.25 bits per heavy atom. The van der Waals surface area contributed by atoms with Crippen LogP contribution >= 0.6 is 0 Å². The van der Waals surface area contributed by atoms with Crippen LogP contribution in [0.3, 0.4) is 0 Å². The molecule has 0 aromatic rings. The number of piperazine rings is 1. The maximum atomic E-state index is 12.8. The molecule has 32 heavy (non-hydrogen) atoms. The van der Waals surface area contributed by atoms with Gasteiger partial charge in [0, 0.05) is 58.9 Å². The molecule has 2 saturated heterocycles. The van der Waals surface area contributed by atoms with E-state index in [2.05, 4.69) is 46.4 Å². The zero-order chi connectivity index (χ0) is 22.7. The molecule has 0 aromatic heterocycles. The summed E-state index contributed by atoms with van der Waals surface area (Å²) in [7, 11) is 0. The van der Waals surface area contributed by atoms with Crippen LogP contribution in [-0.4, -0.2) is 97.9 Å². The number of carbonyl (C=O) groups is 2. The van der Waals surface area contributed by atoms with Crippen LogP contribution in [0, 0.1) is 29.6 Å². The Morgan fingerprint density at radius 1 is 1.03 bits per heavy atom. The second kappa shape index (κ2) is 10.3. The summed E-state index contributed by atoms with van der Waals surface area (Å²) in [5, 5.41) is 6.61. The summed E-state index contributed by atoms with van der Waals surface area (Å²) < 4.78 is 0. The maximum Gasteiger partial charge on any atom is 0.233 e. The first-order valence-electron chi connectivity index (χ1n) is 12.5. The lowest BCUT2D eigenvalue weighted by molar-refractivity contribution is -0.140. The van der Waals surface area contributed by atoms with Crippen molar-refractivity contribution in [1.82, 2.24) is 25.3 Å². The predicted molar refractivity (Wildman–Crippen MR) is 126 cm³/mol. The number of fused-ring (bicyclic) bond motifs is 5. The molecule has 178 valence electrons. The first-order chi connectivity index (χ1) is 15.5. The standard InChI is InChI=1S/C24H40N6O2/c1-4-25-24(27-15-17(3)16-29-12-10-28(5-2)11-13-29)26-8-9-30-22(31)20-18-6-7-19(14-18)21(20)23(30)32/h6-7,17-21H,4-5,8-16H2,1-3H3,(H2,25,26,27). The van der Waals surface area contributed by atoms with E-state index in [1.807, 2.05) is 6.92 Å². The molecule has 0 aromatic carbocycles. The van der Waals surface area contributed by atoms with Crippen molar-refractivity contribution in [3.63, 3.8) is 0 Å². The molecule has 8 nitrogen and oxygen atoms in total. The Hall–Kier alpha value is -1.93. The van der Waals surface area contributed by atoms with Gasteiger partial charge in [-0.15, -0.1) is 0 Å². The summed E-state index contributed by atoms with van der Waals surface area (Å²) in [6, 6.07) is 0. The van der Waals surface area contributed by atoms with E-state index in [0.717, 1.165) is 64.7 Å². The van der Waals surface area contributed by atoms with E-state index in [-0.39, 0.29) is 35.5 Å². The quantitative estimate of drug-likeness (QED) is 0.235. The third-order valence-electron chi connectivity index (χ3n) is 7.58. The summed E-state index contributed by atoms with van der Waals surface area (Å²) in [6.45, 7) is 15.8. The molecule has 4 rings (SSSR count). The van der Waals surface area contributed by atoms with Gasteiger partial charge in [0.1, 0.15) is 0 Å². The van der Waals surface area contributed by atoms with E-state index in [1.165, 1.54) is 4.90 Å². The summed E-state index contributed by atoms with van der Waals surface area (Å²) >= 11 is 0. The van der Waals surface area contributed by atoms with Crippen molar-refractivity contribution in [2.24, 2.45) is 34.6 Å². The van der Waals surface area contributed by atoms with Gasteiger partial charge in [-0.25, -0.2) is 0 Å². The fourth-order valence-corrected chi connectivity index (χ4v) is 5.85. The molecule has 3 fully saturated rings. The highest BCUT2D eigenvalue weighted by Gasteiger charge is 2.58. The van der Waals surface area contributed by atoms with E-state index in [0.29, 0.717) is 19.0 Å². The molecule has 1 saturated carbocycles. The van der Waals surface area contributed by atoms with Gasteiger partial charge in [0.2, 0.25) is 11.8 Å². The fourth-order valence-electron chi connectivity index (χ4n) is 5.85. The number of nitrogens with one attached hydrogen (secondary N) is 2. The van der Waals surface area contributed by atoms with Crippen molar-refractivity contribution >= 4 is 17.8 Å². The van der Waals surface area contributed by atoms with Crippen molar-refractivity contribution in [2.45, 2.75) is 27.2 Å². The summed E-state index contributed by atoms with van der Waals surface area (Å²) in [4.78, 5) is 36.9. The van der Waals surface area contributed by atoms with Gasteiger partial charge in [-0.1, -0.05) is 26.0 Å². The zero-order valence-electron chi connectivity index (χ0n) is 19.9.